The van der Waals surface area contributed by atoms with Crippen LogP contribution in [0, 0.1) is 17.2 Å². The van der Waals surface area contributed by atoms with Crippen LogP contribution < -0.4 is 4.74 Å². The number of hydrogen-bond donors (Lipinski definition) is 1. The molecule has 1 saturated heterocycles. The van der Waals surface area contributed by atoms with Gasteiger partial charge in [0.05, 0.1) is 12.5 Å². The first-order valence-corrected chi connectivity index (χ1v) is 8.39. The van der Waals surface area contributed by atoms with Crippen LogP contribution in [0.15, 0.2) is 24.3 Å². The lowest BCUT2D eigenvalue weighted by Crippen LogP contribution is -2.40. The van der Waals surface area contributed by atoms with Gasteiger partial charge in [-0.1, -0.05) is 6.07 Å². The van der Waals surface area contributed by atoms with Crippen LogP contribution in [0.2, 0.25) is 0 Å². The van der Waals surface area contributed by atoms with Crippen molar-refractivity contribution in [1.82, 2.24) is 4.90 Å². The number of carbonyl (C=O) groups is 2. The fourth-order valence-electron chi connectivity index (χ4n) is 3.58. The summed E-state index contributed by atoms with van der Waals surface area (Å²) in [4.78, 5) is 25.1. The maximum absolute atomic E-state index is 13.0. The Bertz CT molecular complexity index is 625. The first-order chi connectivity index (χ1) is 11.5. The second kappa shape index (κ2) is 6.79. The van der Waals surface area contributed by atoms with E-state index in [-0.39, 0.29) is 23.1 Å². The van der Waals surface area contributed by atoms with Crippen molar-refractivity contribution in [3.8, 4) is 5.75 Å². The smallest absolute Gasteiger partial charge is 0.307 e. The molecule has 1 aromatic rings. The van der Waals surface area contributed by atoms with Crippen LogP contribution in [-0.4, -0.2) is 41.6 Å². The molecule has 2 fully saturated rings. The van der Waals surface area contributed by atoms with Gasteiger partial charge in [0.2, 0.25) is 5.91 Å². The van der Waals surface area contributed by atoms with Crippen LogP contribution in [0.4, 0.5) is 4.39 Å². The first kappa shape index (κ1) is 16.7. The topological polar surface area (TPSA) is 66.8 Å². The number of hydrogen-bond acceptors (Lipinski definition) is 3. The van der Waals surface area contributed by atoms with E-state index in [1.165, 1.54) is 12.1 Å². The predicted molar refractivity (Wildman–Crippen MR) is 85.1 cm³/mol. The minimum Gasteiger partial charge on any atom is -0.493 e. The molecule has 130 valence electrons. The Balaban J connectivity index is 1.35. The number of likely N-dealkylation sites (tertiary alicyclic amines) is 1. The number of halogens is 1. The highest BCUT2D eigenvalue weighted by atomic mass is 19.1. The number of aliphatic carboxylic acids is 1. The summed E-state index contributed by atoms with van der Waals surface area (Å²) in [5, 5.41) is 9.08. The molecule has 1 heterocycles. The molecule has 0 aromatic heterocycles. The molecule has 0 unspecified atom stereocenters. The molecule has 0 radical (unpaired) electrons. The second-order valence-corrected chi connectivity index (χ2v) is 6.75. The van der Waals surface area contributed by atoms with E-state index in [0.29, 0.717) is 38.3 Å². The van der Waals surface area contributed by atoms with Crippen molar-refractivity contribution in [3.05, 3.63) is 30.1 Å². The van der Waals surface area contributed by atoms with Gasteiger partial charge in [0.25, 0.3) is 0 Å². The quantitative estimate of drug-likeness (QED) is 0.812. The third-order valence-corrected chi connectivity index (χ3v) is 5.20. The Morgan fingerprint density at radius 2 is 2.08 bits per heavy atom. The van der Waals surface area contributed by atoms with Crippen molar-refractivity contribution in [2.75, 3.05) is 19.7 Å². The lowest BCUT2D eigenvalue weighted by Gasteiger charge is -2.32. The maximum atomic E-state index is 13.0. The van der Waals surface area contributed by atoms with Crippen LogP contribution >= 0.6 is 0 Å². The Morgan fingerprint density at radius 3 is 2.71 bits per heavy atom. The zero-order valence-electron chi connectivity index (χ0n) is 13.5. The molecule has 0 bridgehead atoms. The summed E-state index contributed by atoms with van der Waals surface area (Å²) >= 11 is 0. The van der Waals surface area contributed by atoms with Crippen LogP contribution in [-0.2, 0) is 9.59 Å². The molecule has 1 spiro atoms. The molecular formula is C18H22FNO4. The van der Waals surface area contributed by atoms with E-state index in [4.69, 9.17) is 9.84 Å². The number of nitrogens with zero attached hydrogens (tertiary/aromatic N) is 1. The first-order valence-electron chi connectivity index (χ1n) is 8.39. The van der Waals surface area contributed by atoms with E-state index in [9.17, 15) is 14.0 Å². The van der Waals surface area contributed by atoms with Crippen LogP contribution in [0.5, 0.6) is 5.75 Å². The molecule has 6 heteroatoms. The predicted octanol–water partition coefficient (Wildman–Crippen LogP) is 2.70. The molecule has 5 nitrogen and oxygen atoms in total. The highest BCUT2D eigenvalue weighted by Crippen LogP contribution is 2.59. The van der Waals surface area contributed by atoms with Gasteiger partial charge in [-0.3, -0.25) is 9.59 Å². The van der Waals surface area contributed by atoms with E-state index in [2.05, 4.69) is 0 Å². The molecule has 1 saturated carbocycles. The number of piperidine rings is 1. The summed E-state index contributed by atoms with van der Waals surface area (Å²) < 4.78 is 18.4. The maximum Gasteiger partial charge on any atom is 0.307 e. The Hall–Kier alpha value is -2.11. The van der Waals surface area contributed by atoms with E-state index < -0.39 is 5.97 Å². The molecule has 3 rings (SSSR count). The van der Waals surface area contributed by atoms with E-state index >= 15 is 0 Å². The molecule has 24 heavy (non-hydrogen) atoms. The minimum absolute atomic E-state index is 0.0525. The fourth-order valence-corrected chi connectivity index (χ4v) is 3.58. The molecule has 2 aliphatic rings. The molecule has 1 aliphatic heterocycles. The number of ether oxygens (including phenoxy) is 1. The van der Waals surface area contributed by atoms with Gasteiger partial charge in [0.15, 0.2) is 0 Å². The van der Waals surface area contributed by atoms with Crippen molar-refractivity contribution < 1.29 is 23.8 Å². The number of carboxylic acids is 1. The number of amides is 1. The summed E-state index contributed by atoms with van der Waals surface area (Å²) in [5.41, 5.74) is -0.0525. The normalized spacial score (nSPS) is 21.5. The number of carboxylic acid groups (broad SMARTS) is 1. The van der Waals surface area contributed by atoms with Crippen LogP contribution in [0.3, 0.4) is 0 Å². The Morgan fingerprint density at radius 1 is 1.33 bits per heavy atom. The summed E-state index contributed by atoms with van der Waals surface area (Å²) in [5.74, 6) is -0.708. The van der Waals surface area contributed by atoms with Gasteiger partial charge in [-0.2, -0.15) is 0 Å². The van der Waals surface area contributed by atoms with Crippen LogP contribution in [0.1, 0.15) is 32.1 Å². The van der Waals surface area contributed by atoms with E-state index in [1.807, 2.05) is 4.90 Å². The van der Waals surface area contributed by atoms with Gasteiger partial charge in [0.1, 0.15) is 11.6 Å². The van der Waals surface area contributed by atoms with Gasteiger partial charge in [-0.15, -0.1) is 0 Å². The van der Waals surface area contributed by atoms with E-state index in [0.717, 1.165) is 19.3 Å². The van der Waals surface area contributed by atoms with Crippen molar-refractivity contribution >= 4 is 11.9 Å². The van der Waals surface area contributed by atoms with Gasteiger partial charge in [-0.05, 0) is 43.2 Å². The largest absolute Gasteiger partial charge is 0.493 e. The SMILES string of the molecule is O=C(O)[C@@H]1CC12CCN(C(=O)CCCOc1cccc(F)c1)CC2. The Labute approximate surface area is 140 Å². The summed E-state index contributed by atoms with van der Waals surface area (Å²) in [7, 11) is 0. The van der Waals surface area contributed by atoms with Crippen LogP contribution in [0.25, 0.3) is 0 Å². The zero-order chi connectivity index (χ0) is 17.2. The highest BCUT2D eigenvalue weighted by molar-refractivity contribution is 5.77. The average Bonchev–Trinajstić information content (AvgIpc) is 3.26. The van der Waals surface area contributed by atoms with Crippen molar-refractivity contribution in [3.63, 3.8) is 0 Å². The monoisotopic (exact) mass is 335 g/mol. The minimum atomic E-state index is -0.704. The number of carbonyl (C=O) groups excluding carboxylic acids is 1. The van der Waals surface area contributed by atoms with Gasteiger partial charge in [0, 0.05) is 25.6 Å². The lowest BCUT2D eigenvalue weighted by atomic mass is 9.90. The van der Waals surface area contributed by atoms with Gasteiger partial charge < -0.3 is 14.7 Å². The fraction of sp³-hybridized carbons (Fsp3) is 0.556. The van der Waals surface area contributed by atoms with Crippen molar-refractivity contribution in [2.45, 2.75) is 32.1 Å². The summed E-state index contributed by atoms with van der Waals surface area (Å²) in [6.07, 6.45) is 3.30. The molecule has 1 aliphatic carbocycles. The molecule has 1 amide bonds. The third kappa shape index (κ3) is 3.68. The van der Waals surface area contributed by atoms with E-state index in [1.54, 1.807) is 12.1 Å². The average molecular weight is 335 g/mol. The van der Waals surface area contributed by atoms with Gasteiger partial charge >= 0.3 is 5.97 Å². The number of benzene rings is 1. The zero-order valence-corrected chi connectivity index (χ0v) is 13.5. The molecule has 1 atom stereocenters. The number of rotatable bonds is 6. The molecular weight excluding hydrogens is 313 g/mol. The summed E-state index contributed by atoms with van der Waals surface area (Å²) in [6.45, 7) is 1.66. The molecule has 1 aromatic carbocycles. The van der Waals surface area contributed by atoms with Crippen molar-refractivity contribution in [2.24, 2.45) is 11.3 Å². The standard InChI is InChI=1S/C18H22FNO4/c19-13-3-1-4-14(11-13)24-10-2-5-16(21)20-8-6-18(7-9-20)12-15(18)17(22)23/h1,3-4,11,15H,2,5-10,12H2,(H,22,23)/t15-/m0/s1. The lowest BCUT2D eigenvalue weighted by molar-refractivity contribution is -0.139. The van der Waals surface area contributed by atoms with Crippen molar-refractivity contribution in [1.29, 1.82) is 0 Å². The molecule has 1 N–H and O–H groups in total. The highest BCUT2D eigenvalue weighted by Gasteiger charge is 2.59. The Kier molecular flexibility index (Phi) is 4.73. The van der Waals surface area contributed by atoms with Gasteiger partial charge in [-0.25, -0.2) is 4.39 Å². The third-order valence-electron chi connectivity index (χ3n) is 5.20. The second-order valence-electron chi connectivity index (χ2n) is 6.75. The summed E-state index contributed by atoms with van der Waals surface area (Å²) in [6, 6.07) is 5.94.